The molecular weight excluding hydrogens is 413 g/mol. The first kappa shape index (κ1) is 20.6. The number of nitrogens with one attached hydrogen (secondary N) is 1. The zero-order chi connectivity index (χ0) is 20.1. The van der Waals surface area contributed by atoms with Gasteiger partial charge in [0.05, 0.1) is 7.11 Å². The molecule has 3 rings (SSSR count). The van der Waals surface area contributed by atoms with E-state index in [0.717, 1.165) is 21.8 Å². The quantitative estimate of drug-likeness (QED) is 0.433. The van der Waals surface area contributed by atoms with Gasteiger partial charge >= 0.3 is 0 Å². The Balaban J connectivity index is 1.78. The van der Waals surface area contributed by atoms with Crippen LogP contribution in [0.3, 0.4) is 0 Å². The SMILES string of the molecule is COc1ccc(C(=O)Nc2cccc(Cl)c2C)cc1CSc1ccc(Cl)cc1. The molecule has 3 aromatic rings. The summed E-state index contributed by atoms with van der Waals surface area (Å²) in [7, 11) is 1.63. The second-order valence-electron chi connectivity index (χ2n) is 6.14. The number of rotatable bonds is 6. The Kier molecular flexibility index (Phi) is 6.89. The van der Waals surface area contributed by atoms with Crippen LogP contribution in [0, 0.1) is 6.92 Å². The molecule has 28 heavy (non-hydrogen) atoms. The van der Waals surface area contributed by atoms with E-state index in [-0.39, 0.29) is 5.91 Å². The number of benzene rings is 3. The summed E-state index contributed by atoms with van der Waals surface area (Å²) in [5.74, 6) is 1.23. The second-order valence-corrected chi connectivity index (χ2v) is 8.03. The molecule has 0 aliphatic carbocycles. The zero-order valence-electron chi connectivity index (χ0n) is 15.5. The van der Waals surface area contributed by atoms with E-state index in [9.17, 15) is 4.79 Å². The molecule has 0 spiro atoms. The summed E-state index contributed by atoms with van der Waals surface area (Å²) in [6, 6.07) is 18.5. The number of carbonyl (C=O) groups is 1. The van der Waals surface area contributed by atoms with Crippen molar-refractivity contribution >= 4 is 46.6 Å². The van der Waals surface area contributed by atoms with Crippen molar-refractivity contribution in [3.05, 3.63) is 87.4 Å². The summed E-state index contributed by atoms with van der Waals surface area (Å²) >= 11 is 13.7. The molecule has 6 heteroatoms. The summed E-state index contributed by atoms with van der Waals surface area (Å²) in [6.07, 6.45) is 0. The monoisotopic (exact) mass is 431 g/mol. The zero-order valence-corrected chi connectivity index (χ0v) is 17.8. The van der Waals surface area contributed by atoms with E-state index in [1.165, 1.54) is 0 Å². The first-order valence-corrected chi connectivity index (χ1v) is 10.3. The largest absolute Gasteiger partial charge is 0.496 e. The maximum absolute atomic E-state index is 12.7. The van der Waals surface area contributed by atoms with Crippen molar-refractivity contribution < 1.29 is 9.53 Å². The maximum Gasteiger partial charge on any atom is 0.255 e. The number of anilines is 1. The Morgan fingerprint density at radius 2 is 1.82 bits per heavy atom. The lowest BCUT2D eigenvalue weighted by Crippen LogP contribution is -2.13. The number of ether oxygens (including phenoxy) is 1. The van der Waals surface area contributed by atoms with Gasteiger partial charge in [-0.05, 0) is 67.1 Å². The fourth-order valence-electron chi connectivity index (χ4n) is 2.66. The molecule has 0 aliphatic heterocycles. The van der Waals surface area contributed by atoms with Gasteiger partial charge in [-0.25, -0.2) is 0 Å². The van der Waals surface area contributed by atoms with Crippen LogP contribution in [0.1, 0.15) is 21.5 Å². The van der Waals surface area contributed by atoms with Crippen molar-refractivity contribution in [2.45, 2.75) is 17.6 Å². The summed E-state index contributed by atoms with van der Waals surface area (Å²) in [4.78, 5) is 13.8. The lowest BCUT2D eigenvalue weighted by Gasteiger charge is -2.13. The van der Waals surface area contributed by atoms with Gasteiger partial charge in [0, 0.05) is 37.5 Å². The maximum atomic E-state index is 12.7. The Morgan fingerprint density at radius 3 is 2.54 bits per heavy atom. The van der Waals surface area contributed by atoms with Crippen molar-refractivity contribution in [2.75, 3.05) is 12.4 Å². The number of halogens is 2. The highest BCUT2D eigenvalue weighted by Crippen LogP contribution is 2.30. The number of thioether (sulfide) groups is 1. The molecule has 0 saturated carbocycles. The van der Waals surface area contributed by atoms with Gasteiger partial charge in [0.2, 0.25) is 0 Å². The second kappa shape index (κ2) is 9.37. The molecular formula is C22H19Cl2NO2S. The van der Waals surface area contributed by atoms with Crippen molar-refractivity contribution in [2.24, 2.45) is 0 Å². The number of carbonyl (C=O) groups excluding carboxylic acids is 1. The molecule has 0 fully saturated rings. The van der Waals surface area contributed by atoms with E-state index in [1.54, 1.807) is 31.0 Å². The number of hydrogen-bond donors (Lipinski definition) is 1. The smallest absolute Gasteiger partial charge is 0.255 e. The first-order valence-electron chi connectivity index (χ1n) is 8.59. The average molecular weight is 432 g/mol. The third kappa shape index (κ3) is 5.02. The highest BCUT2D eigenvalue weighted by atomic mass is 35.5. The molecule has 0 radical (unpaired) electrons. The van der Waals surface area contributed by atoms with E-state index < -0.39 is 0 Å². The Labute approximate surface area is 179 Å². The van der Waals surface area contributed by atoms with Crippen LogP contribution in [0.5, 0.6) is 5.75 Å². The van der Waals surface area contributed by atoms with E-state index >= 15 is 0 Å². The molecule has 3 nitrogen and oxygen atoms in total. The van der Waals surface area contributed by atoms with Gasteiger partial charge in [-0.3, -0.25) is 4.79 Å². The lowest BCUT2D eigenvalue weighted by molar-refractivity contribution is 0.102. The molecule has 144 valence electrons. The van der Waals surface area contributed by atoms with Crippen molar-refractivity contribution in [3.8, 4) is 5.75 Å². The van der Waals surface area contributed by atoms with Gasteiger partial charge in [-0.15, -0.1) is 11.8 Å². The fourth-order valence-corrected chi connectivity index (χ4v) is 3.84. The van der Waals surface area contributed by atoms with E-state index in [0.29, 0.717) is 27.0 Å². The third-order valence-corrected chi connectivity index (χ3v) is 5.99. The molecule has 0 aliphatic rings. The minimum absolute atomic E-state index is 0.189. The summed E-state index contributed by atoms with van der Waals surface area (Å²) in [6.45, 7) is 1.88. The Hall–Kier alpha value is -2.14. The van der Waals surface area contributed by atoms with Crippen molar-refractivity contribution in [1.29, 1.82) is 0 Å². The molecule has 0 unspecified atom stereocenters. The lowest BCUT2D eigenvalue weighted by atomic mass is 10.1. The molecule has 0 aromatic heterocycles. The van der Waals surface area contributed by atoms with Crippen LogP contribution < -0.4 is 10.1 Å². The van der Waals surface area contributed by atoms with Crippen molar-refractivity contribution in [3.63, 3.8) is 0 Å². The van der Waals surface area contributed by atoms with Crippen LogP contribution in [-0.4, -0.2) is 13.0 Å². The molecule has 0 heterocycles. The molecule has 3 aromatic carbocycles. The highest BCUT2D eigenvalue weighted by Gasteiger charge is 2.13. The third-order valence-electron chi connectivity index (χ3n) is 4.27. The van der Waals surface area contributed by atoms with Gasteiger partial charge in [0.25, 0.3) is 5.91 Å². The minimum Gasteiger partial charge on any atom is -0.496 e. The van der Waals surface area contributed by atoms with Crippen LogP contribution in [0.4, 0.5) is 5.69 Å². The van der Waals surface area contributed by atoms with E-state index in [1.807, 2.05) is 55.5 Å². The Bertz CT molecular complexity index is 990. The normalized spacial score (nSPS) is 10.6. The minimum atomic E-state index is -0.189. The van der Waals surface area contributed by atoms with Gasteiger partial charge in [0.1, 0.15) is 5.75 Å². The van der Waals surface area contributed by atoms with Gasteiger partial charge < -0.3 is 10.1 Å². The molecule has 1 amide bonds. The number of methoxy groups -OCH3 is 1. The van der Waals surface area contributed by atoms with Crippen LogP contribution >= 0.6 is 35.0 Å². The predicted molar refractivity (Wildman–Crippen MR) is 118 cm³/mol. The van der Waals surface area contributed by atoms with Gasteiger partial charge in [0.15, 0.2) is 0 Å². The summed E-state index contributed by atoms with van der Waals surface area (Å²) in [5.41, 5.74) is 3.04. The van der Waals surface area contributed by atoms with E-state index in [2.05, 4.69) is 5.32 Å². The molecule has 1 N–H and O–H groups in total. The highest BCUT2D eigenvalue weighted by molar-refractivity contribution is 7.98. The van der Waals surface area contributed by atoms with Crippen LogP contribution in [0.15, 0.2) is 65.6 Å². The van der Waals surface area contributed by atoms with Crippen LogP contribution in [-0.2, 0) is 5.75 Å². The fraction of sp³-hybridized carbons (Fsp3) is 0.136. The molecule has 0 saturated heterocycles. The van der Waals surface area contributed by atoms with Crippen molar-refractivity contribution in [1.82, 2.24) is 0 Å². The summed E-state index contributed by atoms with van der Waals surface area (Å²) in [5, 5.41) is 4.25. The standard InChI is InChI=1S/C22H19Cl2NO2S/c1-14-19(24)4-3-5-20(14)25-22(26)15-6-11-21(27-2)16(12-15)13-28-18-9-7-17(23)8-10-18/h3-12H,13H2,1-2H3,(H,25,26). The molecule has 0 bridgehead atoms. The van der Waals surface area contributed by atoms with E-state index in [4.69, 9.17) is 27.9 Å². The topological polar surface area (TPSA) is 38.3 Å². The Morgan fingerprint density at radius 1 is 1.07 bits per heavy atom. The van der Waals surface area contributed by atoms with Gasteiger partial charge in [-0.1, -0.05) is 29.3 Å². The first-order chi connectivity index (χ1) is 13.5. The molecule has 0 atom stereocenters. The van der Waals surface area contributed by atoms with Gasteiger partial charge in [-0.2, -0.15) is 0 Å². The number of hydrogen-bond acceptors (Lipinski definition) is 3. The predicted octanol–water partition coefficient (Wildman–Crippen LogP) is 6.86. The van der Waals surface area contributed by atoms with Crippen LogP contribution in [0.2, 0.25) is 10.0 Å². The van der Waals surface area contributed by atoms with Crippen LogP contribution in [0.25, 0.3) is 0 Å². The average Bonchev–Trinajstić information content (AvgIpc) is 2.70. The summed E-state index contributed by atoms with van der Waals surface area (Å²) < 4.78 is 5.46. The number of amides is 1.